The Bertz CT molecular complexity index is 1140. The average molecular weight is 454 g/mol. The summed E-state index contributed by atoms with van der Waals surface area (Å²) in [5.41, 5.74) is 7.10. The predicted octanol–water partition coefficient (Wildman–Crippen LogP) is 5.92. The van der Waals surface area contributed by atoms with E-state index in [1.54, 1.807) is 36.1 Å². The van der Waals surface area contributed by atoms with Gasteiger partial charge < -0.3 is 15.4 Å². The van der Waals surface area contributed by atoms with Crippen LogP contribution in [-0.2, 0) is 10.3 Å². The summed E-state index contributed by atoms with van der Waals surface area (Å²) in [5.74, 6) is -1.22. The van der Waals surface area contributed by atoms with E-state index in [1.165, 1.54) is 42.5 Å². The van der Waals surface area contributed by atoms with E-state index in [4.69, 9.17) is 10.5 Å². The Hall–Kier alpha value is -3.32. The second kappa shape index (κ2) is 9.27. The zero-order valence-electron chi connectivity index (χ0n) is 18.2. The van der Waals surface area contributed by atoms with Crippen molar-refractivity contribution in [3.63, 3.8) is 0 Å². The third kappa shape index (κ3) is 4.59. The van der Waals surface area contributed by atoms with E-state index >= 15 is 0 Å². The van der Waals surface area contributed by atoms with Crippen LogP contribution in [0.3, 0.4) is 0 Å². The number of hydrogen-bond donors (Lipinski definition) is 1. The molecule has 172 valence electrons. The SMILES string of the molecule is C[C@@H](c1ccc(-c2ccc(F)cc2)c(F)c1)N1CC[C@](CCN)(c2ccc(F)cc2)OC1=O. The molecule has 0 spiro atoms. The van der Waals surface area contributed by atoms with Gasteiger partial charge in [-0.15, -0.1) is 0 Å². The van der Waals surface area contributed by atoms with Crippen LogP contribution in [0.5, 0.6) is 0 Å². The monoisotopic (exact) mass is 454 g/mol. The van der Waals surface area contributed by atoms with Gasteiger partial charge in [-0.25, -0.2) is 18.0 Å². The molecule has 1 heterocycles. The molecule has 4 nitrogen and oxygen atoms in total. The van der Waals surface area contributed by atoms with Gasteiger partial charge in [0.15, 0.2) is 0 Å². The topological polar surface area (TPSA) is 55.6 Å². The molecule has 33 heavy (non-hydrogen) atoms. The first-order valence-corrected chi connectivity index (χ1v) is 10.8. The van der Waals surface area contributed by atoms with E-state index in [1.807, 2.05) is 0 Å². The van der Waals surface area contributed by atoms with Crippen molar-refractivity contribution in [2.45, 2.75) is 31.4 Å². The number of nitrogens with zero attached hydrogens (tertiary/aromatic N) is 1. The lowest BCUT2D eigenvalue weighted by molar-refractivity contribution is -0.0640. The summed E-state index contributed by atoms with van der Waals surface area (Å²) in [4.78, 5) is 14.6. The highest BCUT2D eigenvalue weighted by Gasteiger charge is 2.43. The van der Waals surface area contributed by atoms with Gasteiger partial charge in [-0.3, -0.25) is 0 Å². The largest absolute Gasteiger partial charge is 0.438 e. The molecule has 0 radical (unpaired) electrons. The number of hydrogen-bond acceptors (Lipinski definition) is 3. The number of rotatable bonds is 6. The third-order valence-corrected chi connectivity index (χ3v) is 6.29. The van der Waals surface area contributed by atoms with Crippen LogP contribution >= 0.6 is 0 Å². The van der Waals surface area contributed by atoms with Crippen LogP contribution in [0.1, 0.15) is 36.9 Å². The third-order valence-electron chi connectivity index (χ3n) is 6.29. The summed E-state index contributed by atoms with van der Waals surface area (Å²) >= 11 is 0. The molecule has 2 N–H and O–H groups in total. The molecule has 4 rings (SSSR count). The molecule has 1 amide bonds. The van der Waals surface area contributed by atoms with Crippen LogP contribution < -0.4 is 5.73 Å². The number of ether oxygens (including phenoxy) is 1. The van der Waals surface area contributed by atoms with E-state index in [9.17, 15) is 18.0 Å². The molecule has 1 aliphatic rings. The minimum Gasteiger partial charge on any atom is -0.438 e. The molecular weight excluding hydrogens is 429 g/mol. The summed E-state index contributed by atoms with van der Waals surface area (Å²) in [6.45, 7) is 2.48. The molecule has 0 bridgehead atoms. The van der Waals surface area contributed by atoms with Gasteiger partial charge in [0.05, 0.1) is 6.04 Å². The highest BCUT2D eigenvalue weighted by atomic mass is 19.1. The van der Waals surface area contributed by atoms with Crippen LogP contribution in [0, 0.1) is 17.5 Å². The number of amides is 1. The van der Waals surface area contributed by atoms with Gasteiger partial charge in [0.25, 0.3) is 0 Å². The van der Waals surface area contributed by atoms with Crippen molar-refractivity contribution >= 4 is 6.09 Å². The fourth-order valence-corrected chi connectivity index (χ4v) is 4.37. The van der Waals surface area contributed by atoms with E-state index < -0.39 is 23.6 Å². The summed E-state index contributed by atoms with van der Waals surface area (Å²) in [6, 6.07) is 15.8. The molecule has 3 aromatic carbocycles. The minimum atomic E-state index is -0.923. The molecule has 0 saturated carbocycles. The number of cyclic esters (lactones) is 1. The van der Waals surface area contributed by atoms with Gasteiger partial charge in [0.2, 0.25) is 0 Å². The lowest BCUT2D eigenvalue weighted by Gasteiger charge is -2.43. The fourth-order valence-electron chi connectivity index (χ4n) is 4.37. The minimum absolute atomic E-state index is 0.302. The first-order chi connectivity index (χ1) is 15.8. The normalized spacial score (nSPS) is 19.3. The molecule has 1 fully saturated rings. The Morgan fingerprint density at radius 2 is 1.64 bits per heavy atom. The second-order valence-electron chi connectivity index (χ2n) is 8.27. The quantitative estimate of drug-likeness (QED) is 0.503. The lowest BCUT2D eigenvalue weighted by atomic mass is 9.85. The van der Waals surface area contributed by atoms with Gasteiger partial charge >= 0.3 is 6.09 Å². The average Bonchev–Trinajstić information content (AvgIpc) is 2.80. The molecule has 0 aliphatic carbocycles. The van der Waals surface area contributed by atoms with Crippen molar-refractivity contribution in [3.05, 3.63) is 95.3 Å². The fraction of sp³-hybridized carbons (Fsp3) is 0.269. The molecule has 0 aromatic heterocycles. The Balaban J connectivity index is 1.54. The molecule has 0 unspecified atom stereocenters. The molecule has 1 aliphatic heterocycles. The summed E-state index contributed by atoms with van der Waals surface area (Å²) < 4.78 is 47.3. The maximum Gasteiger partial charge on any atom is 0.411 e. The highest BCUT2D eigenvalue weighted by molar-refractivity contribution is 5.70. The standard InChI is InChI=1S/C26H25F3N2O2/c1-17(19-4-11-23(24(29)16-19)18-2-7-21(27)8-3-18)31-15-13-26(12-14-30,33-25(31)32)20-5-9-22(28)10-6-20/h2-11,16-17H,12-15,30H2,1H3/t17-,26+/m0/s1. The Morgan fingerprint density at radius 3 is 2.21 bits per heavy atom. The zero-order chi connectivity index (χ0) is 23.6. The number of carbonyl (C=O) groups excluding carboxylic acids is 1. The summed E-state index contributed by atoms with van der Waals surface area (Å²) in [7, 11) is 0. The first-order valence-electron chi connectivity index (χ1n) is 10.8. The van der Waals surface area contributed by atoms with E-state index in [0.717, 1.165) is 0 Å². The molecule has 1 saturated heterocycles. The lowest BCUT2D eigenvalue weighted by Crippen LogP contribution is -2.49. The zero-order valence-corrected chi connectivity index (χ0v) is 18.2. The smallest absolute Gasteiger partial charge is 0.411 e. The van der Waals surface area contributed by atoms with E-state index in [2.05, 4.69) is 0 Å². The van der Waals surface area contributed by atoms with Crippen molar-refractivity contribution in [2.75, 3.05) is 13.1 Å². The van der Waals surface area contributed by atoms with E-state index in [0.29, 0.717) is 48.2 Å². The second-order valence-corrected chi connectivity index (χ2v) is 8.27. The van der Waals surface area contributed by atoms with Crippen molar-refractivity contribution in [1.82, 2.24) is 4.90 Å². The van der Waals surface area contributed by atoms with Crippen molar-refractivity contribution < 1.29 is 22.7 Å². The first kappa shape index (κ1) is 22.9. The number of nitrogens with two attached hydrogens (primary N) is 1. The van der Waals surface area contributed by atoms with Gasteiger partial charge in [0, 0.05) is 24.9 Å². The van der Waals surface area contributed by atoms with Gasteiger partial charge in [-0.2, -0.15) is 0 Å². The van der Waals surface area contributed by atoms with Gasteiger partial charge in [0.1, 0.15) is 23.1 Å². The maximum atomic E-state index is 14.9. The van der Waals surface area contributed by atoms with Gasteiger partial charge in [-0.1, -0.05) is 36.4 Å². The predicted molar refractivity (Wildman–Crippen MR) is 120 cm³/mol. The van der Waals surface area contributed by atoms with Crippen LogP contribution in [0.15, 0.2) is 66.7 Å². The van der Waals surface area contributed by atoms with Crippen LogP contribution in [0.4, 0.5) is 18.0 Å². The Kier molecular flexibility index (Phi) is 6.42. The van der Waals surface area contributed by atoms with Crippen molar-refractivity contribution in [3.8, 4) is 11.1 Å². The van der Waals surface area contributed by atoms with Crippen molar-refractivity contribution in [2.24, 2.45) is 5.73 Å². The number of benzene rings is 3. The summed E-state index contributed by atoms with van der Waals surface area (Å²) in [6.07, 6.45) is 0.352. The van der Waals surface area contributed by atoms with Crippen LogP contribution in [0.2, 0.25) is 0 Å². The van der Waals surface area contributed by atoms with Crippen molar-refractivity contribution in [1.29, 1.82) is 0 Å². The van der Waals surface area contributed by atoms with Gasteiger partial charge in [-0.05, 0) is 60.5 Å². The Labute approximate surface area is 190 Å². The Morgan fingerprint density at radius 1 is 1.00 bits per heavy atom. The maximum absolute atomic E-state index is 14.9. The molecular formula is C26H25F3N2O2. The molecule has 7 heteroatoms. The number of halogens is 3. The molecule has 2 atom stereocenters. The van der Waals surface area contributed by atoms with Crippen LogP contribution in [-0.4, -0.2) is 24.1 Å². The number of carbonyl (C=O) groups is 1. The van der Waals surface area contributed by atoms with Crippen LogP contribution in [0.25, 0.3) is 11.1 Å². The summed E-state index contributed by atoms with van der Waals surface area (Å²) in [5, 5.41) is 0. The molecule has 3 aromatic rings. The van der Waals surface area contributed by atoms with E-state index in [-0.39, 0.29) is 11.6 Å². The highest BCUT2D eigenvalue weighted by Crippen LogP contribution is 2.39.